The van der Waals surface area contributed by atoms with E-state index in [0.717, 1.165) is 35.2 Å². The molecule has 7 heteroatoms. The molecule has 0 unspecified atom stereocenters. The number of hydrogen-bond acceptors (Lipinski definition) is 6. The monoisotopic (exact) mass is 514 g/mol. The summed E-state index contributed by atoms with van der Waals surface area (Å²) >= 11 is 1.38. The summed E-state index contributed by atoms with van der Waals surface area (Å²) in [5, 5.41) is 0. The van der Waals surface area contributed by atoms with E-state index in [9.17, 15) is 4.79 Å². The normalized spacial score (nSPS) is 12.8. The Hall–Kier alpha value is -3.84. The van der Waals surface area contributed by atoms with Crippen LogP contribution >= 0.6 is 11.3 Å². The van der Waals surface area contributed by atoms with Gasteiger partial charge in [-0.2, -0.15) is 0 Å². The molecule has 0 aliphatic carbocycles. The topological polar surface area (TPSA) is 62.1 Å². The highest BCUT2D eigenvalue weighted by Crippen LogP contribution is 2.29. The zero-order chi connectivity index (χ0) is 25.8. The van der Waals surface area contributed by atoms with E-state index in [2.05, 4.69) is 31.0 Å². The van der Waals surface area contributed by atoms with Crippen LogP contribution in [0.5, 0.6) is 17.2 Å². The van der Waals surface area contributed by atoms with Gasteiger partial charge in [-0.25, -0.2) is 9.38 Å². The number of fused-ring (bicyclic) bond motifs is 3. The predicted molar refractivity (Wildman–Crippen MR) is 149 cm³/mol. The fourth-order valence-corrected chi connectivity index (χ4v) is 5.20. The smallest absolute Gasteiger partial charge is 0.274 e. The van der Waals surface area contributed by atoms with Crippen molar-refractivity contribution in [3.63, 3.8) is 0 Å². The fraction of sp³-hybridized carbons (Fsp3) is 0.267. The Morgan fingerprint density at radius 1 is 1.00 bits per heavy atom. The van der Waals surface area contributed by atoms with E-state index in [0.29, 0.717) is 40.1 Å². The second-order valence-corrected chi connectivity index (χ2v) is 9.98. The number of rotatable bonds is 10. The lowest BCUT2D eigenvalue weighted by Gasteiger charge is -2.12. The molecule has 0 spiro atoms. The number of thiazole rings is 1. The van der Waals surface area contributed by atoms with Crippen molar-refractivity contribution in [3.05, 3.63) is 92.7 Å². The predicted octanol–water partition coefficient (Wildman–Crippen LogP) is 5.83. The molecule has 2 heterocycles. The van der Waals surface area contributed by atoms with Gasteiger partial charge in [0.25, 0.3) is 5.56 Å². The van der Waals surface area contributed by atoms with E-state index in [-0.39, 0.29) is 5.56 Å². The van der Waals surface area contributed by atoms with E-state index in [1.54, 1.807) is 11.5 Å². The molecule has 0 radical (unpaired) electrons. The molecule has 0 fully saturated rings. The highest BCUT2D eigenvalue weighted by molar-refractivity contribution is 7.15. The summed E-state index contributed by atoms with van der Waals surface area (Å²) < 4.78 is 19.7. The standard InChI is InChI=1S/C30H30N2O4S/c1-4-20(2)22-11-13-23(14-12-22)35-16-7-17-36-26-15-10-21(18-27(26)34-3)19-28-29(33)32-25-9-6-5-8-24(25)31-30(32)37-28/h5-6,8-15,18-20H,4,7,16-17H2,1-3H3/b28-19-/t20-/m0/s1. The molecule has 3 aromatic carbocycles. The summed E-state index contributed by atoms with van der Waals surface area (Å²) in [6.45, 7) is 5.50. The van der Waals surface area contributed by atoms with Gasteiger partial charge >= 0.3 is 0 Å². The summed E-state index contributed by atoms with van der Waals surface area (Å²) in [5.74, 6) is 2.71. The maximum Gasteiger partial charge on any atom is 0.274 e. The van der Waals surface area contributed by atoms with Crippen LogP contribution in [0.1, 0.15) is 43.7 Å². The van der Waals surface area contributed by atoms with Crippen molar-refractivity contribution in [1.29, 1.82) is 0 Å². The Labute approximate surface area is 219 Å². The van der Waals surface area contributed by atoms with Crippen molar-refractivity contribution < 1.29 is 14.2 Å². The number of methoxy groups -OCH3 is 1. The van der Waals surface area contributed by atoms with Crippen LogP contribution in [-0.2, 0) is 0 Å². The molecule has 0 amide bonds. The van der Waals surface area contributed by atoms with Crippen LogP contribution in [0, 0.1) is 0 Å². The summed E-state index contributed by atoms with van der Waals surface area (Å²) in [4.78, 5) is 18.3. The minimum atomic E-state index is -0.0671. The van der Waals surface area contributed by atoms with Crippen molar-refractivity contribution in [2.45, 2.75) is 32.6 Å². The molecule has 6 nitrogen and oxygen atoms in total. The lowest BCUT2D eigenvalue weighted by atomic mass is 9.99. The molecule has 5 rings (SSSR count). The van der Waals surface area contributed by atoms with Crippen molar-refractivity contribution in [2.75, 3.05) is 20.3 Å². The van der Waals surface area contributed by atoms with Gasteiger partial charge in [-0.15, -0.1) is 0 Å². The largest absolute Gasteiger partial charge is 0.493 e. The van der Waals surface area contributed by atoms with Crippen LogP contribution in [0.25, 0.3) is 22.1 Å². The maximum atomic E-state index is 13.0. The minimum Gasteiger partial charge on any atom is -0.493 e. The Morgan fingerprint density at radius 3 is 2.57 bits per heavy atom. The molecule has 0 N–H and O–H groups in total. The summed E-state index contributed by atoms with van der Waals surface area (Å²) in [7, 11) is 1.61. The lowest BCUT2D eigenvalue weighted by Crippen LogP contribution is -2.22. The summed E-state index contributed by atoms with van der Waals surface area (Å²) in [5.41, 5.74) is 3.78. The van der Waals surface area contributed by atoms with Crippen molar-refractivity contribution >= 4 is 33.4 Å². The number of benzene rings is 3. The van der Waals surface area contributed by atoms with E-state index in [1.165, 1.54) is 16.9 Å². The highest BCUT2D eigenvalue weighted by atomic mass is 32.1. The zero-order valence-corrected chi connectivity index (χ0v) is 22.1. The second kappa shape index (κ2) is 11.0. The molecule has 1 atom stereocenters. The van der Waals surface area contributed by atoms with Crippen molar-refractivity contribution in [2.24, 2.45) is 0 Å². The van der Waals surface area contributed by atoms with Gasteiger partial charge in [-0.3, -0.25) is 4.79 Å². The molecular formula is C30H30N2O4S. The molecule has 0 aliphatic rings. The van der Waals surface area contributed by atoms with Crippen molar-refractivity contribution in [1.82, 2.24) is 9.38 Å². The first kappa shape index (κ1) is 24.8. The summed E-state index contributed by atoms with van der Waals surface area (Å²) in [6.07, 6.45) is 3.73. The fourth-order valence-electron chi connectivity index (χ4n) is 4.22. The van der Waals surface area contributed by atoms with Crippen LogP contribution < -0.4 is 24.3 Å². The molecule has 0 bridgehead atoms. The average molecular weight is 515 g/mol. The molecular weight excluding hydrogens is 484 g/mol. The quantitative estimate of drug-likeness (QED) is 0.220. The van der Waals surface area contributed by atoms with E-state index in [1.807, 2.05) is 60.7 Å². The van der Waals surface area contributed by atoms with Crippen LogP contribution in [-0.4, -0.2) is 29.7 Å². The molecule has 190 valence electrons. The molecule has 0 saturated carbocycles. The number of hydrogen-bond donors (Lipinski definition) is 0. The van der Waals surface area contributed by atoms with E-state index < -0.39 is 0 Å². The lowest BCUT2D eigenvalue weighted by molar-refractivity contribution is 0.240. The highest BCUT2D eigenvalue weighted by Gasteiger charge is 2.11. The van der Waals surface area contributed by atoms with Gasteiger partial charge < -0.3 is 14.2 Å². The van der Waals surface area contributed by atoms with Crippen LogP contribution in [0.3, 0.4) is 0 Å². The number of para-hydroxylation sites is 2. The van der Waals surface area contributed by atoms with Crippen molar-refractivity contribution in [3.8, 4) is 17.2 Å². The Balaban J connectivity index is 1.22. The zero-order valence-electron chi connectivity index (χ0n) is 21.3. The van der Waals surface area contributed by atoms with Gasteiger partial charge in [0.1, 0.15) is 5.75 Å². The van der Waals surface area contributed by atoms with Gasteiger partial charge in [0, 0.05) is 6.42 Å². The Kier molecular flexibility index (Phi) is 7.42. The Bertz CT molecular complexity index is 1620. The van der Waals surface area contributed by atoms with Gasteiger partial charge in [-0.1, -0.05) is 55.5 Å². The molecule has 37 heavy (non-hydrogen) atoms. The first-order valence-corrected chi connectivity index (χ1v) is 13.3. The molecule has 5 aromatic rings. The first-order chi connectivity index (χ1) is 18.1. The number of ether oxygens (including phenoxy) is 3. The van der Waals surface area contributed by atoms with Crippen LogP contribution in [0.4, 0.5) is 0 Å². The average Bonchev–Trinajstić information content (AvgIpc) is 3.44. The first-order valence-electron chi connectivity index (χ1n) is 12.5. The minimum absolute atomic E-state index is 0.0671. The van der Waals surface area contributed by atoms with Crippen LogP contribution in [0.15, 0.2) is 71.5 Å². The maximum absolute atomic E-state index is 13.0. The molecule has 0 aliphatic heterocycles. The second-order valence-electron chi connectivity index (χ2n) is 8.97. The van der Waals surface area contributed by atoms with Gasteiger partial charge in [0.2, 0.25) is 0 Å². The SMILES string of the molecule is CC[C@H](C)c1ccc(OCCCOc2ccc(/C=c3\sc4nc5ccccc5n4c3=O)cc2OC)cc1. The number of imidazole rings is 1. The third-order valence-electron chi connectivity index (χ3n) is 6.51. The number of aromatic nitrogens is 2. The van der Waals surface area contributed by atoms with Gasteiger partial charge in [0.15, 0.2) is 16.5 Å². The molecule has 2 aromatic heterocycles. The van der Waals surface area contributed by atoms with Gasteiger partial charge in [-0.05, 0) is 65.9 Å². The third kappa shape index (κ3) is 5.32. The number of nitrogens with zero attached hydrogens (tertiary/aromatic N) is 2. The molecule has 0 saturated heterocycles. The third-order valence-corrected chi connectivity index (χ3v) is 7.48. The van der Waals surface area contributed by atoms with Gasteiger partial charge in [0.05, 0.1) is 35.9 Å². The Morgan fingerprint density at radius 2 is 1.78 bits per heavy atom. The summed E-state index contributed by atoms with van der Waals surface area (Å²) in [6, 6.07) is 21.7. The van der Waals surface area contributed by atoms with E-state index >= 15 is 0 Å². The van der Waals surface area contributed by atoms with E-state index in [4.69, 9.17) is 14.2 Å². The van der Waals surface area contributed by atoms with Crippen LogP contribution in [0.2, 0.25) is 0 Å².